The molecule has 0 aliphatic rings. The van der Waals surface area contributed by atoms with E-state index >= 15 is 0 Å². The van der Waals surface area contributed by atoms with Crippen molar-refractivity contribution in [1.29, 1.82) is 0 Å². The zero-order valence-corrected chi connectivity index (χ0v) is 27.9. The lowest BCUT2D eigenvalue weighted by molar-refractivity contribution is -0.124. The minimum atomic E-state index is -1.16. The third-order valence-corrected chi connectivity index (χ3v) is 8.28. The molecular weight excluding hydrogens is 522 g/mol. The lowest BCUT2D eigenvalue weighted by atomic mass is 10.0. The summed E-state index contributed by atoms with van der Waals surface area (Å²) in [4.78, 5) is 12.3. The van der Waals surface area contributed by atoms with Crippen LogP contribution in [0.5, 0.6) is 0 Å². The minimum Gasteiger partial charge on any atom is -0.394 e. The molecular formula is C37H71NO4. The van der Waals surface area contributed by atoms with Crippen molar-refractivity contribution in [2.75, 3.05) is 6.61 Å². The molecule has 0 aliphatic carbocycles. The largest absolute Gasteiger partial charge is 0.394 e. The molecule has 248 valence electrons. The summed E-state index contributed by atoms with van der Waals surface area (Å²) in [6, 6.07) is -0.824. The summed E-state index contributed by atoms with van der Waals surface area (Å²) >= 11 is 0. The van der Waals surface area contributed by atoms with Crippen molar-refractivity contribution in [1.82, 2.24) is 5.32 Å². The van der Waals surface area contributed by atoms with Crippen LogP contribution < -0.4 is 5.32 Å². The molecule has 5 heteroatoms. The molecule has 4 N–H and O–H groups in total. The summed E-state index contributed by atoms with van der Waals surface area (Å²) in [5.74, 6) is -0.161. The number of hydrogen-bond acceptors (Lipinski definition) is 4. The quantitative estimate of drug-likeness (QED) is 0.0462. The number of nitrogens with one attached hydrogen (secondary N) is 1. The lowest BCUT2D eigenvalue weighted by Crippen LogP contribution is -2.50. The molecule has 0 spiro atoms. The molecule has 0 radical (unpaired) electrons. The second kappa shape index (κ2) is 32.7. The fourth-order valence-corrected chi connectivity index (χ4v) is 5.39. The summed E-state index contributed by atoms with van der Waals surface area (Å²) < 4.78 is 0. The van der Waals surface area contributed by atoms with Crippen LogP contribution in [0.3, 0.4) is 0 Å². The van der Waals surface area contributed by atoms with Gasteiger partial charge in [-0.15, -0.1) is 0 Å². The minimum absolute atomic E-state index is 0.161. The van der Waals surface area contributed by atoms with Crippen molar-refractivity contribution < 1.29 is 20.1 Å². The molecule has 3 atom stereocenters. The summed E-state index contributed by atoms with van der Waals surface area (Å²) in [6.45, 7) is 4.12. The second-order valence-electron chi connectivity index (χ2n) is 12.4. The highest BCUT2D eigenvalue weighted by Gasteiger charge is 2.26. The third kappa shape index (κ3) is 27.7. The molecule has 3 unspecified atom stereocenters. The van der Waals surface area contributed by atoms with Crippen LogP contribution in [0.4, 0.5) is 0 Å². The van der Waals surface area contributed by atoms with Crippen molar-refractivity contribution in [2.24, 2.45) is 0 Å². The van der Waals surface area contributed by atoms with Gasteiger partial charge in [0.2, 0.25) is 5.91 Å². The summed E-state index contributed by atoms with van der Waals surface area (Å²) in [6.07, 6.45) is 36.9. The molecule has 0 aromatic heterocycles. The predicted molar refractivity (Wildman–Crippen MR) is 181 cm³/mol. The van der Waals surface area contributed by atoms with Crippen LogP contribution in [0, 0.1) is 0 Å². The fraction of sp³-hybridized carbons (Fsp3) is 0.865. The SMILES string of the molecule is CCCCCC/C=C\CCCCCCCCCC(=O)NC(CO)C(O)C(O)CCC/C=C/CCCCCCCCCC. The van der Waals surface area contributed by atoms with Crippen molar-refractivity contribution >= 4 is 5.91 Å². The van der Waals surface area contributed by atoms with Gasteiger partial charge in [0.15, 0.2) is 0 Å². The maximum absolute atomic E-state index is 12.3. The molecule has 0 saturated carbocycles. The van der Waals surface area contributed by atoms with Crippen molar-refractivity contribution in [3.63, 3.8) is 0 Å². The van der Waals surface area contributed by atoms with E-state index in [1.807, 2.05) is 0 Å². The Kier molecular flexibility index (Phi) is 31.8. The summed E-state index contributed by atoms with van der Waals surface area (Å²) in [5, 5.41) is 33.3. The molecule has 0 bridgehead atoms. The van der Waals surface area contributed by atoms with E-state index in [2.05, 4.69) is 43.5 Å². The van der Waals surface area contributed by atoms with Gasteiger partial charge in [-0.05, 0) is 64.2 Å². The Morgan fingerprint density at radius 3 is 1.40 bits per heavy atom. The zero-order chi connectivity index (χ0) is 30.9. The Balaban J connectivity index is 3.75. The van der Waals surface area contributed by atoms with E-state index in [1.165, 1.54) is 116 Å². The van der Waals surface area contributed by atoms with E-state index in [0.29, 0.717) is 12.8 Å². The van der Waals surface area contributed by atoms with Crippen LogP contribution in [0.15, 0.2) is 24.3 Å². The number of carbonyl (C=O) groups is 1. The molecule has 42 heavy (non-hydrogen) atoms. The van der Waals surface area contributed by atoms with Gasteiger partial charge in [-0.2, -0.15) is 0 Å². The van der Waals surface area contributed by atoms with Crippen LogP contribution in [0.1, 0.15) is 181 Å². The van der Waals surface area contributed by atoms with E-state index < -0.39 is 18.2 Å². The Bertz CT molecular complexity index is 621. The van der Waals surface area contributed by atoms with E-state index in [0.717, 1.165) is 38.5 Å². The van der Waals surface area contributed by atoms with Crippen LogP contribution >= 0.6 is 0 Å². The average Bonchev–Trinajstić information content (AvgIpc) is 2.99. The zero-order valence-electron chi connectivity index (χ0n) is 27.9. The molecule has 0 rings (SSSR count). The number of aliphatic hydroxyl groups is 3. The number of hydrogen-bond donors (Lipinski definition) is 4. The normalized spacial score (nSPS) is 14.1. The van der Waals surface area contributed by atoms with Crippen molar-refractivity contribution in [3.05, 3.63) is 24.3 Å². The Morgan fingerprint density at radius 2 is 0.952 bits per heavy atom. The highest BCUT2D eigenvalue weighted by molar-refractivity contribution is 5.76. The Hall–Kier alpha value is -1.17. The molecule has 0 heterocycles. The average molecular weight is 594 g/mol. The van der Waals surface area contributed by atoms with Gasteiger partial charge >= 0.3 is 0 Å². The highest BCUT2D eigenvalue weighted by Crippen LogP contribution is 2.13. The Morgan fingerprint density at radius 1 is 0.571 bits per heavy atom. The second-order valence-corrected chi connectivity index (χ2v) is 12.4. The Labute approximate surface area is 261 Å². The van der Waals surface area contributed by atoms with Gasteiger partial charge in [0.25, 0.3) is 0 Å². The van der Waals surface area contributed by atoms with E-state index in [9.17, 15) is 20.1 Å². The maximum atomic E-state index is 12.3. The molecule has 0 fully saturated rings. The number of rotatable bonds is 32. The first-order chi connectivity index (χ1) is 20.6. The van der Waals surface area contributed by atoms with Crippen LogP contribution in [-0.4, -0.2) is 46.1 Å². The van der Waals surface area contributed by atoms with E-state index in [4.69, 9.17) is 0 Å². The summed E-state index contributed by atoms with van der Waals surface area (Å²) in [7, 11) is 0. The van der Waals surface area contributed by atoms with E-state index in [1.54, 1.807) is 0 Å². The first kappa shape index (κ1) is 40.8. The number of aliphatic hydroxyl groups excluding tert-OH is 3. The third-order valence-electron chi connectivity index (χ3n) is 8.28. The molecule has 0 aromatic rings. The van der Waals surface area contributed by atoms with Gasteiger partial charge in [0, 0.05) is 6.42 Å². The van der Waals surface area contributed by atoms with Crippen molar-refractivity contribution in [3.8, 4) is 0 Å². The van der Waals surface area contributed by atoms with Gasteiger partial charge in [0.1, 0.15) is 6.10 Å². The van der Waals surface area contributed by atoms with Gasteiger partial charge in [-0.3, -0.25) is 4.79 Å². The lowest BCUT2D eigenvalue weighted by Gasteiger charge is -2.26. The van der Waals surface area contributed by atoms with Crippen molar-refractivity contribution in [2.45, 2.75) is 199 Å². The molecule has 1 amide bonds. The first-order valence-corrected chi connectivity index (χ1v) is 18.1. The van der Waals surface area contributed by atoms with Gasteiger partial charge in [-0.1, -0.05) is 134 Å². The molecule has 0 aromatic carbocycles. The maximum Gasteiger partial charge on any atom is 0.220 e. The number of allylic oxidation sites excluding steroid dienone is 4. The van der Waals surface area contributed by atoms with Crippen LogP contribution in [0.25, 0.3) is 0 Å². The highest BCUT2D eigenvalue weighted by atomic mass is 16.3. The fourth-order valence-electron chi connectivity index (χ4n) is 5.39. The van der Waals surface area contributed by atoms with E-state index in [-0.39, 0.29) is 12.5 Å². The van der Waals surface area contributed by atoms with Gasteiger partial charge in [0.05, 0.1) is 18.8 Å². The molecule has 0 saturated heterocycles. The standard InChI is InChI=1S/C37H71NO4/c1-3-5-7-9-11-13-15-17-18-20-22-24-26-28-30-32-36(41)38-34(33-39)37(42)35(40)31-29-27-25-23-21-19-16-14-12-10-8-6-4-2/h13,15,23,25,34-35,37,39-40,42H,3-12,14,16-22,24,26-33H2,1-2H3,(H,38,41)/b15-13-,25-23+. The topological polar surface area (TPSA) is 89.8 Å². The predicted octanol–water partition coefficient (Wildman–Crippen LogP) is 9.48. The molecule has 0 aliphatic heterocycles. The summed E-state index contributed by atoms with van der Waals surface area (Å²) in [5.41, 5.74) is 0. The first-order valence-electron chi connectivity index (χ1n) is 18.1. The number of amides is 1. The molecule has 5 nitrogen and oxygen atoms in total. The van der Waals surface area contributed by atoms with Crippen LogP contribution in [-0.2, 0) is 4.79 Å². The monoisotopic (exact) mass is 594 g/mol. The van der Waals surface area contributed by atoms with Gasteiger partial charge < -0.3 is 20.6 Å². The smallest absolute Gasteiger partial charge is 0.220 e. The number of carbonyl (C=O) groups excluding carboxylic acids is 1. The van der Waals surface area contributed by atoms with Crippen LogP contribution in [0.2, 0.25) is 0 Å². The van der Waals surface area contributed by atoms with Gasteiger partial charge in [-0.25, -0.2) is 0 Å². The number of unbranched alkanes of at least 4 members (excludes halogenated alkanes) is 20.